The van der Waals surface area contributed by atoms with Crippen LogP contribution in [0.25, 0.3) is 11.1 Å². The first-order valence-electron chi connectivity index (χ1n) is 21.0. The number of hydrogen-bond donors (Lipinski definition) is 3. The van der Waals surface area contributed by atoms with E-state index in [1.807, 2.05) is 41.5 Å². The summed E-state index contributed by atoms with van der Waals surface area (Å²) in [6.45, 7) is 14.4. The number of ether oxygens (including phenoxy) is 5. The molecule has 4 amide bonds. The lowest BCUT2D eigenvalue weighted by molar-refractivity contribution is -0.185. The maximum Gasteiger partial charge on any atom is 0.414 e. The lowest BCUT2D eigenvalue weighted by atomic mass is 9.77. The summed E-state index contributed by atoms with van der Waals surface area (Å²) in [4.78, 5) is 51.1. The molecule has 62 heavy (non-hydrogen) atoms. The summed E-state index contributed by atoms with van der Waals surface area (Å²) < 4.78 is 29.2. The molecule has 2 aromatic carbocycles. The van der Waals surface area contributed by atoms with E-state index in [4.69, 9.17) is 35.3 Å². The van der Waals surface area contributed by atoms with Gasteiger partial charge in [-0.05, 0) is 112 Å². The molecule has 0 radical (unpaired) electrons. The van der Waals surface area contributed by atoms with Crippen LogP contribution >= 0.6 is 11.6 Å². The highest BCUT2D eigenvalue weighted by Gasteiger charge is 2.56. The highest BCUT2D eigenvalue weighted by Crippen LogP contribution is 2.50. The second kappa shape index (κ2) is 18.9. The highest BCUT2D eigenvalue weighted by molar-refractivity contribution is 6.62. The quantitative estimate of drug-likeness (QED) is 0.301. The summed E-state index contributed by atoms with van der Waals surface area (Å²) in [5.41, 5.74) is 7.46. The molecular formula is C46H61Cl2N4O10-. The van der Waals surface area contributed by atoms with Gasteiger partial charge in [-0.15, -0.1) is 0 Å². The summed E-state index contributed by atoms with van der Waals surface area (Å²) in [7, 11) is 6.46. The number of nitrogens with one attached hydrogen (secondary N) is 2. The number of hydrogen-bond acceptors (Lipinski definition) is 10. The number of amides is 4. The van der Waals surface area contributed by atoms with E-state index in [1.54, 1.807) is 28.2 Å². The molecule has 2 saturated heterocycles. The number of benzene rings is 2. The normalized spacial score (nSPS) is 21.2. The molecule has 0 atom stereocenters. The van der Waals surface area contributed by atoms with Crippen LogP contribution in [-0.2, 0) is 33.3 Å². The summed E-state index contributed by atoms with van der Waals surface area (Å²) in [5, 5.41) is 16.9. The zero-order valence-electron chi connectivity index (χ0n) is 37.6. The summed E-state index contributed by atoms with van der Waals surface area (Å²) in [5.74, 6) is -0.873. The van der Waals surface area contributed by atoms with E-state index in [1.165, 1.54) is 9.80 Å². The molecule has 0 unspecified atom stereocenters. The monoisotopic (exact) mass is 899 g/mol. The Kier molecular flexibility index (Phi) is 14.9. The summed E-state index contributed by atoms with van der Waals surface area (Å²) >= 11 is 4.90. The molecule has 2 saturated carbocycles. The topological polar surface area (TPSA) is 165 Å². The van der Waals surface area contributed by atoms with Crippen molar-refractivity contribution < 1.29 is 60.4 Å². The number of nitrogens with zero attached hydrogens (tertiary/aromatic N) is 2. The van der Waals surface area contributed by atoms with Crippen molar-refractivity contribution in [2.24, 2.45) is 0 Å². The van der Waals surface area contributed by atoms with Gasteiger partial charge in [0, 0.05) is 53.9 Å². The third-order valence-electron chi connectivity index (χ3n) is 12.6. The number of carbonyl (C=O) groups is 4. The first-order chi connectivity index (χ1) is 28.7. The number of aliphatic hydroxyl groups is 1. The predicted octanol–water partition coefficient (Wildman–Crippen LogP) is 4.18. The third-order valence-corrected chi connectivity index (χ3v) is 13.0. The van der Waals surface area contributed by atoms with Gasteiger partial charge in [-0.3, -0.25) is 14.4 Å². The van der Waals surface area contributed by atoms with Crippen molar-refractivity contribution in [2.45, 2.75) is 116 Å². The fourth-order valence-electron chi connectivity index (χ4n) is 9.70. The molecule has 2 aliphatic carbocycles. The molecule has 4 fully saturated rings. The predicted molar refractivity (Wildman–Crippen MR) is 231 cm³/mol. The molecule has 16 heteroatoms. The average molecular weight is 901 g/mol. The lowest BCUT2D eigenvalue weighted by Crippen LogP contribution is -3.00. The van der Waals surface area contributed by atoms with Gasteiger partial charge in [0.2, 0.25) is 0 Å². The van der Waals surface area contributed by atoms with Gasteiger partial charge < -0.3 is 61.6 Å². The Labute approximate surface area is 376 Å². The minimum Gasteiger partial charge on any atom is -1.00 e. The van der Waals surface area contributed by atoms with Crippen molar-refractivity contribution in [3.05, 3.63) is 80.3 Å². The molecule has 8 rings (SSSR count). The number of halogens is 2. The maximum absolute atomic E-state index is 13.3. The fraction of sp³-hybridized carbons (Fsp3) is 0.565. The standard InChI is InChI=1S/C23H30N2O5.C20H25NO4.C3H6ClNO.ClH/c1-14-12-15(2)17(16(3)13-14)18-19(30-21(27)25(4)5)22(24-20(18)26)6-8-23(9-7-22)28-10-11-29-23;1-12-10-13(2)15(14(3)11-12)16-17(22)19(21-18(16)23)4-6-20(7-5-19)24-8-9-25-20;1-5(2)3(4)6;/h12-13H,6-11H2,1-5H3,(H,24,26);10-11,22H,4-9H2,1-3H3,(H,21,23);1-2H3;1H/p-1. The van der Waals surface area contributed by atoms with Crippen LogP contribution in [0.3, 0.4) is 0 Å². The fourth-order valence-corrected chi connectivity index (χ4v) is 9.70. The Bertz CT molecular complexity index is 2090. The summed E-state index contributed by atoms with van der Waals surface area (Å²) in [6, 6.07) is 8.21. The van der Waals surface area contributed by atoms with E-state index in [0.29, 0.717) is 94.7 Å². The highest BCUT2D eigenvalue weighted by atomic mass is 35.5. The van der Waals surface area contributed by atoms with Gasteiger partial charge in [-0.25, -0.2) is 4.79 Å². The van der Waals surface area contributed by atoms with Crippen molar-refractivity contribution in [3.63, 3.8) is 0 Å². The maximum atomic E-state index is 13.3. The summed E-state index contributed by atoms with van der Waals surface area (Å²) in [6.07, 6.45) is 4.55. The van der Waals surface area contributed by atoms with Crippen LogP contribution in [0.4, 0.5) is 9.59 Å². The number of carbonyl (C=O) groups excluding carboxylic acids is 4. The van der Waals surface area contributed by atoms with E-state index in [2.05, 4.69) is 34.9 Å². The van der Waals surface area contributed by atoms with Gasteiger partial charge in [0.05, 0.1) is 48.7 Å². The van der Waals surface area contributed by atoms with Crippen LogP contribution in [0, 0.1) is 41.5 Å². The lowest BCUT2D eigenvalue weighted by Gasteiger charge is -2.42. The first-order valence-corrected chi connectivity index (χ1v) is 21.4. The second-order valence-electron chi connectivity index (χ2n) is 17.7. The Morgan fingerprint density at radius 2 is 0.952 bits per heavy atom. The smallest absolute Gasteiger partial charge is 0.414 e. The zero-order valence-corrected chi connectivity index (χ0v) is 39.1. The van der Waals surface area contributed by atoms with Crippen LogP contribution in [0.5, 0.6) is 0 Å². The Balaban J connectivity index is 0.000000207. The van der Waals surface area contributed by atoms with E-state index < -0.39 is 34.1 Å². The van der Waals surface area contributed by atoms with E-state index in [0.717, 1.165) is 44.5 Å². The minimum absolute atomic E-state index is 0. The van der Waals surface area contributed by atoms with Crippen LogP contribution in [-0.4, -0.2) is 115 Å². The molecule has 4 spiro atoms. The van der Waals surface area contributed by atoms with Crippen molar-refractivity contribution in [2.75, 3.05) is 54.6 Å². The van der Waals surface area contributed by atoms with Crippen molar-refractivity contribution in [1.82, 2.24) is 20.4 Å². The minimum atomic E-state index is -0.734. The van der Waals surface area contributed by atoms with Crippen LogP contribution in [0.1, 0.15) is 95.9 Å². The van der Waals surface area contributed by atoms with E-state index in [9.17, 15) is 24.3 Å². The molecule has 2 aromatic rings. The van der Waals surface area contributed by atoms with E-state index >= 15 is 0 Å². The molecule has 6 aliphatic rings. The van der Waals surface area contributed by atoms with Gasteiger partial charge in [0.1, 0.15) is 11.5 Å². The zero-order chi connectivity index (χ0) is 44.7. The van der Waals surface area contributed by atoms with Gasteiger partial charge in [-0.1, -0.05) is 35.4 Å². The van der Waals surface area contributed by atoms with Crippen molar-refractivity contribution in [1.29, 1.82) is 0 Å². The third kappa shape index (κ3) is 9.65. The van der Waals surface area contributed by atoms with E-state index in [-0.39, 0.29) is 30.0 Å². The van der Waals surface area contributed by atoms with Gasteiger partial charge in [-0.2, -0.15) is 0 Å². The van der Waals surface area contributed by atoms with Gasteiger partial charge in [0.15, 0.2) is 11.6 Å². The second-order valence-corrected chi connectivity index (χ2v) is 18.0. The molecule has 4 heterocycles. The van der Waals surface area contributed by atoms with Crippen LogP contribution in [0.15, 0.2) is 35.8 Å². The SMILES string of the molecule is CN(C)C(=O)Cl.Cc1cc(C)c(C2=C(O)C3(CCC4(CC3)OCCO4)NC2=O)c(C)c1.Cc1cc(C)c(C2=C(OC(=O)N(C)C)C3(CCC4(CC3)OCCO4)NC2=O)c(C)c1.[Cl-]. The van der Waals surface area contributed by atoms with Crippen LogP contribution in [0.2, 0.25) is 0 Å². The van der Waals surface area contributed by atoms with Gasteiger partial charge >= 0.3 is 11.5 Å². The molecule has 0 aromatic heterocycles. The molecule has 3 N–H and O–H groups in total. The largest absolute Gasteiger partial charge is 1.00 e. The number of rotatable bonds is 3. The molecule has 340 valence electrons. The number of aliphatic hydroxyl groups excluding tert-OH is 1. The molecule has 4 aliphatic heterocycles. The molecule has 14 nitrogen and oxygen atoms in total. The Morgan fingerprint density at radius 3 is 1.32 bits per heavy atom. The Hall–Kier alpha value is -4.18. The van der Waals surface area contributed by atoms with Crippen LogP contribution < -0.4 is 23.0 Å². The van der Waals surface area contributed by atoms with Crippen molar-refractivity contribution in [3.8, 4) is 0 Å². The molecular weight excluding hydrogens is 839 g/mol. The average Bonchev–Trinajstić information content (AvgIpc) is 3.95. The van der Waals surface area contributed by atoms with Gasteiger partial charge in [0.25, 0.3) is 11.8 Å². The first kappa shape index (κ1) is 48.8. The Morgan fingerprint density at radius 1 is 0.613 bits per heavy atom. The van der Waals surface area contributed by atoms with Crippen molar-refractivity contribution >= 4 is 46.0 Å². The molecule has 0 bridgehead atoms. The number of aryl methyl sites for hydroxylation is 6.